The Hall–Kier alpha value is -2.98. The molecule has 1 aliphatic carbocycles. The Morgan fingerprint density at radius 3 is 1.71 bits per heavy atom. The van der Waals surface area contributed by atoms with Gasteiger partial charge < -0.3 is 9.47 Å². The normalized spacial score (nSPS) is 18.6. The summed E-state index contributed by atoms with van der Waals surface area (Å²) in [5, 5.41) is 0. The van der Waals surface area contributed by atoms with Crippen LogP contribution in [-0.4, -0.2) is 17.5 Å². The van der Waals surface area contributed by atoms with Gasteiger partial charge in [-0.25, -0.2) is 0 Å². The molecule has 0 N–H and O–H groups in total. The second-order valence-corrected chi connectivity index (χ2v) is 12.4. The molecule has 0 amide bonds. The summed E-state index contributed by atoms with van der Waals surface area (Å²) < 4.78 is 83.5. The zero-order valence-corrected chi connectivity index (χ0v) is 21.9. The van der Waals surface area contributed by atoms with Crippen molar-refractivity contribution in [2.24, 2.45) is 0 Å². The third kappa shape index (κ3) is 7.54. The monoisotopic (exact) mass is 569 g/mol. The second-order valence-electron chi connectivity index (χ2n) is 8.72. The number of benzene rings is 3. The third-order valence-corrected chi connectivity index (χ3v) is 9.36. The Morgan fingerprint density at radius 1 is 0.737 bits per heavy atom. The van der Waals surface area contributed by atoms with E-state index < -0.39 is 28.4 Å². The first-order chi connectivity index (χ1) is 17.8. The van der Waals surface area contributed by atoms with E-state index >= 15 is 0 Å². The Bertz CT molecular complexity index is 1300. The average Bonchev–Trinajstić information content (AvgIpc) is 2.83. The Labute approximate surface area is 223 Å². The molecule has 0 radical (unpaired) electrons. The maximum absolute atomic E-state index is 12.7. The fourth-order valence-corrected chi connectivity index (χ4v) is 7.33. The van der Waals surface area contributed by atoms with Crippen molar-refractivity contribution in [2.45, 2.75) is 57.3 Å². The highest BCUT2D eigenvalue weighted by atomic mass is 32.2. The molecule has 3 aromatic carbocycles. The number of hydrogen-bond donors (Lipinski definition) is 0. The Kier molecular flexibility index (Phi) is 8.13. The zero-order valence-electron chi connectivity index (χ0n) is 20.3. The molecule has 200 valence electrons. The molecule has 2 atom stereocenters. The minimum absolute atomic E-state index is 0.235. The van der Waals surface area contributed by atoms with Crippen LogP contribution >= 0.6 is 11.8 Å². The van der Waals surface area contributed by atoms with Crippen LogP contribution in [0.4, 0.5) is 26.3 Å². The summed E-state index contributed by atoms with van der Waals surface area (Å²) in [6.45, 7) is 3.92. The summed E-state index contributed by atoms with van der Waals surface area (Å²) >= 11 is 1.59. The van der Waals surface area contributed by atoms with Gasteiger partial charge in [-0.15, -0.1) is 26.3 Å². The number of rotatable bonds is 7. The number of allylic oxidation sites excluding steroid dienone is 2. The van der Waals surface area contributed by atoms with Crippen molar-refractivity contribution in [3.05, 3.63) is 102 Å². The van der Waals surface area contributed by atoms with E-state index in [1.165, 1.54) is 24.3 Å². The number of aryl methyl sites for hydroxylation is 1. The molecule has 4 rings (SSSR count). The molecule has 0 saturated heterocycles. The lowest BCUT2D eigenvalue weighted by atomic mass is 10.0. The van der Waals surface area contributed by atoms with Gasteiger partial charge in [-0.1, -0.05) is 29.5 Å². The highest BCUT2D eigenvalue weighted by Gasteiger charge is 2.46. The lowest BCUT2D eigenvalue weighted by molar-refractivity contribution is -0.303. The molecule has 0 spiro atoms. The van der Waals surface area contributed by atoms with Crippen LogP contribution in [0.15, 0.2) is 116 Å². The maximum atomic E-state index is 12.7. The number of ether oxygens (including phenoxy) is 2. The van der Waals surface area contributed by atoms with Gasteiger partial charge in [0, 0.05) is 16.2 Å². The molecule has 0 fully saturated rings. The first-order valence-electron chi connectivity index (χ1n) is 11.4. The molecular formula is C28H23F6O2S2+. The smallest absolute Gasteiger partial charge is 0.406 e. The van der Waals surface area contributed by atoms with E-state index in [-0.39, 0.29) is 17.9 Å². The van der Waals surface area contributed by atoms with E-state index in [2.05, 4.69) is 9.47 Å². The van der Waals surface area contributed by atoms with Crippen LogP contribution in [-0.2, 0) is 15.6 Å². The van der Waals surface area contributed by atoms with E-state index in [1.54, 1.807) is 30.0 Å². The quantitative estimate of drug-likeness (QED) is 0.209. The first-order valence-corrected chi connectivity index (χ1v) is 13.4. The molecule has 10 heteroatoms. The van der Waals surface area contributed by atoms with Crippen molar-refractivity contribution in [3.8, 4) is 5.75 Å². The lowest BCUT2D eigenvalue weighted by Crippen LogP contribution is -2.35. The molecule has 38 heavy (non-hydrogen) atoms. The van der Waals surface area contributed by atoms with E-state index in [4.69, 9.17) is 0 Å². The molecule has 0 bridgehead atoms. The summed E-state index contributed by atoms with van der Waals surface area (Å²) in [6.07, 6.45) is -5.03. The number of hydrogen-bond acceptors (Lipinski definition) is 3. The molecule has 0 aromatic heterocycles. The van der Waals surface area contributed by atoms with Crippen LogP contribution < -0.4 is 4.74 Å². The summed E-state index contributed by atoms with van der Waals surface area (Å²) in [4.78, 5) is 3.69. The van der Waals surface area contributed by atoms with E-state index in [1.807, 2.05) is 62.4 Å². The molecular weight excluding hydrogens is 546 g/mol. The average molecular weight is 570 g/mol. The van der Waals surface area contributed by atoms with Crippen LogP contribution in [0.25, 0.3) is 0 Å². The molecule has 0 saturated carbocycles. The Morgan fingerprint density at radius 2 is 1.24 bits per heavy atom. The van der Waals surface area contributed by atoms with Crippen molar-refractivity contribution in [1.82, 2.24) is 0 Å². The molecule has 2 nitrogen and oxygen atoms in total. The summed E-state index contributed by atoms with van der Waals surface area (Å²) in [7, 11) is -0.745. The lowest BCUT2D eigenvalue weighted by Gasteiger charge is -2.28. The fourth-order valence-electron chi connectivity index (χ4n) is 3.90. The van der Waals surface area contributed by atoms with Gasteiger partial charge >= 0.3 is 12.7 Å². The third-order valence-electron chi connectivity index (χ3n) is 5.62. The van der Waals surface area contributed by atoms with Gasteiger partial charge in [0.2, 0.25) is 0 Å². The topological polar surface area (TPSA) is 18.5 Å². The van der Waals surface area contributed by atoms with Crippen molar-refractivity contribution in [3.63, 3.8) is 0 Å². The van der Waals surface area contributed by atoms with E-state index in [9.17, 15) is 26.3 Å². The van der Waals surface area contributed by atoms with Gasteiger partial charge in [0.15, 0.2) is 14.5 Å². The molecule has 0 aliphatic heterocycles. The van der Waals surface area contributed by atoms with Crippen LogP contribution in [0.1, 0.15) is 18.9 Å². The van der Waals surface area contributed by atoms with Gasteiger partial charge in [-0.05, 0) is 92.7 Å². The van der Waals surface area contributed by atoms with Crippen molar-refractivity contribution < 1.29 is 35.8 Å². The SMILES string of the molecule is Cc1ccc(Sc2ccc([S+](c3ccc(OC(F)(F)F)cc3)C3(C)C=CC(OC(F)(F)F)=CC3)cc2)cc1. The van der Waals surface area contributed by atoms with Gasteiger partial charge in [-0.3, -0.25) is 0 Å². The van der Waals surface area contributed by atoms with Crippen LogP contribution in [0, 0.1) is 6.92 Å². The fraction of sp³-hybridized carbons (Fsp3) is 0.214. The molecule has 3 aromatic rings. The summed E-state index contributed by atoms with van der Waals surface area (Å²) in [6, 6.07) is 21.6. The van der Waals surface area contributed by atoms with Gasteiger partial charge in [0.05, 0.1) is 10.9 Å². The highest BCUT2D eigenvalue weighted by Crippen LogP contribution is 2.42. The zero-order chi connectivity index (χ0) is 27.6. The largest absolute Gasteiger partial charge is 0.573 e. The van der Waals surface area contributed by atoms with Crippen molar-refractivity contribution in [1.29, 1.82) is 0 Å². The minimum Gasteiger partial charge on any atom is -0.406 e. The van der Waals surface area contributed by atoms with Gasteiger partial charge in [-0.2, -0.15) is 0 Å². The van der Waals surface area contributed by atoms with Crippen molar-refractivity contribution in [2.75, 3.05) is 0 Å². The second kappa shape index (κ2) is 11.0. The van der Waals surface area contributed by atoms with Gasteiger partial charge in [0.25, 0.3) is 0 Å². The number of alkyl halides is 6. The number of halogens is 6. The minimum atomic E-state index is -4.81. The van der Waals surface area contributed by atoms with E-state index in [0.717, 1.165) is 25.1 Å². The Balaban J connectivity index is 1.64. The van der Waals surface area contributed by atoms with Crippen LogP contribution in [0.5, 0.6) is 5.75 Å². The highest BCUT2D eigenvalue weighted by molar-refractivity contribution is 7.99. The standard InChI is InChI=1S/C28H23F6O2S2/c1-19-3-7-22(8-4-19)37-23-9-13-25(14-10-23)38(24-11-5-20(6-12-24)35-27(29,30)31)26(2)17-15-21(16-18-26)36-28(32,33)34/h3-17H,18H2,1-2H3/q+1. The van der Waals surface area contributed by atoms with Crippen LogP contribution in [0.2, 0.25) is 0 Å². The summed E-state index contributed by atoms with van der Waals surface area (Å²) in [5.41, 5.74) is 1.16. The predicted octanol–water partition coefficient (Wildman–Crippen LogP) is 9.22. The van der Waals surface area contributed by atoms with Gasteiger partial charge in [0.1, 0.15) is 11.5 Å². The first kappa shape index (κ1) is 28.0. The molecule has 1 aliphatic rings. The van der Waals surface area contributed by atoms with Crippen LogP contribution in [0.3, 0.4) is 0 Å². The molecule has 0 heterocycles. The maximum Gasteiger partial charge on any atom is 0.573 e. The predicted molar refractivity (Wildman–Crippen MR) is 136 cm³/mol. The molecule has 2 unspecified atom stereocenters. The van der Waals surface area contributed by atoms with E-state index in [0.29, 0.717) is 0 Å². The van der Waals surface area contributed by atoms with Crippen molar-refractivity contribution >= 4 is 22.7 Å². The summed E-state index contributed by atoms with van der Waals surface area (Å²) in [5.74, 6) is -0.642.